The molecule has 138 valence electrons. The fourth-order valence-corrected chi connectivity index (χ4v) is 3.98. The maximum absolute atomic E-state index is 12.0. The Kier molecular flexibility index (Phi) is 5.39. The Morgan fingerprint density at radius 2 is 2.28 bits per heavy atom. The monoisotopic (exact) mass is 351 g/mol. The third kappa shape index (κ3) is 4.01. The Morgan fingerprint density at radius 1 is 1.44 bits per heavy atom. The van der Waals surface area contributed by atoms with Crippen molar-refractivity contribution in [3.8, 4) is 0 Å². The van der Waals surface area contributed by atoms with E-state index in [1.165, 1.54) is 13.4 Å². The Hall–Kier alpha value is -1.93. The molecule has 0 unspecified atom stereocenters. The number of ether oxygens (including phenoxy) is 1. The van der Waals surface area contributed by atoms with Gasteiger partial charge in [-0.05, 0) is 25.8 Å². The van der Waals surface area contributed by atoms with Gasteiger partial charge in [0.25, 0.3) is 0 Å². The molecule has 0 radical (unpaired) electrons. The zero-order valence-electron chi connectivity index (χ0n) is 14.6. The topological polar surface area (TPSA) is 96.1 Å². The number of nitrogens with zero attached hydrogens (tertiary/aromatic N) is 3. The predicted molar refractivity (Wildman–Crippen MR) is 87.7 cm³/mol. The molecule has 1 N–H and O–H groups in total. The molecule has 0 bridgehead atoms. The molecule has 2 saturated heterocycles. The molecule has 8 heteroatoms. The second-order valence-electron chi connectivity index (χ2n) is 6.97. The number of esters is 1. The van der Waals surface area contributed by atoms with Crippen molar-refractivity contribution < 1.29 is 23.8 Å². The molecule has 1 aromatic rings. The summed E-state index contributed by atoms with van der Waals surface area (Å²) in [7, 11) is 1.31. The first-order chi connectivity index (χ1) is 12.0. The first kappa shape index (κ1) is 17.9. The van der Waals surface area contributed by atoms with E-state index in [1.54, 1.807) is 4.90 Å². The highest BCUT2D eigenvalue weighted by atomic mass is 16.5. The standard InChI is InChI=1S/C17H25N3O5/c1-24-16(23)13-10-25-14(18-13)9-19-6-2-4-17(11-19)5-3-15(22)20(12-17)7-8-21/h10,21H,2-9,11-12H2,1H3/t17-/m1/s1. The predicted octanol–water partition coefficient (Wildman–Crippen LogP) is 0.658. The van der Waals surface area contributed by atoms with Crippen molar-refractivity contribution in [3.05, 3.63) is 17.8 Å². The Morgan fingerprint density at radius 3 is 3.04 bits per heavy atom. The molecule has 8 nitrogen and oxygen atoms in total. The van der Waals surface area contributed by atoms with Crippen LogP contribution in [0.2, 0.25) is 0 Å². The highest BCUT2D eigenvalue weighted by Crippen LogP contribution is 2.39. The number of amides is 1. The highest BCUT2D eigenvalue weighted by Gasteiger charge is 2.41. The Labute approximate surface area is 146 Å². The summed E-state index contributed by atoms with van der Waals surface area (Å²) < 4.78 is 10.0. The molecule has 1 amide bonds. The quantitative estimate of drug-likeness (QED) is 0.778. The second-order valence-corrected chi connectivity index (χ2v) is 6.97. The van der Waals surface area contributed by atoms with Gasteiger partial charge in [0.05, 0.1) is 20.3 Å². The van der Waals surface area contributed by atoms with Gasteiger partial charge in [0.15, 0.2) is 5.69 Å². The van der Waals surface area contributed by atoms with Crippen LogP contribution in [0.1, 0.15) is 42.1 Å². The highest BCUT2D eigenvalue weighted by molar-refractivity contribution is 5.86. The molecule has 0 aromatic carbocycles. The molecular formula is C17H25N3O5. The molecule has 1 aromatic heterocycles. The molecule has 2 aliphatic heterocycles. The zero-order valence-corrected chi connectivity index (χ0v) is 14.6. The molecule has 2 fully saturated rings. The lowest BCUT2D eigenvalue weighted by Gasteiger charge is -2.48. The van der Waals surface area contributed by atoms with Gasteiger partial charge < -0.3 is 19.2 Å². The minimum Gasteiger partial charge on any atom is -0.464 e. The molecule has 0 aliphatic carbocycles. The van der Waals surface area contributed by atoms with Crippen LogP contribution < -0.4 is 0 Å². The number of methoxy groups -OCH3 is 1. The molecule has 3 rings (SSSR count). The maximum Gasteiger partial charge on any atom is 0.360 e. The number of carbonyl (C=O) groups is 2. The van der Waals surface area contributed by atoms with Crippen molar-refractivity contribution in [2.75, 3.05) is 39.9 Å². The molecule has 0 saturated carbocycles. The van der Waals surface area contributed by atoms with Crippen LogP contribution in [-0.4, -0.2) is 71.7 Å². The van der Waals surface area contributed by atoms with Crippen molar-refractivity contribution in [1.82, 2.24) is 14.8 Å². The molecule has 25 heavy (non-hydrogen) atoms. The first-order valence-corrected chi connectivity index (χ1v) is 8.69. The zero-order chi connectivity index (χ0) is 17.9. The van der Waals surface area contributed by atoms with E-state index in [0.717, 1.165) is 32.4 Å². The van der Waals surface area contributed by atoms with Gasteiger partial charge in [0.1, 0.15) is 6.26 Å². The lowest BCUT2D eigenvalue weighted by molar-refractivity contribution is -0.140. The smallest absolute Gasteiger partial charge is 0.360 e. The van der Waals surface area contributed by atoms with Gasteiger partial charge in [-0.15, -0.1) is 0 Å². The van der Waals surface area contributed by atoms with Crippen LogP contribution in [0.15, 0.2) is 10.7 Å². The fraction of sp³-hybridized carbons (Fsp3) is 0.706. The van der Waals surface area contributed by atoms with Gasteiger partial charge in [-0.3, -0.25) is 9.69 Å². The van der Waals surface area contributed by atoms with E-state index in [1.807, 2.05) is 0 Å². The van der Waals surface area contributed by atoms with E-state index in [9.17, 15) is 14.7 Å². The van der Waals surface area contributed by atoms with E-state index in [-0.39, 0.29) is 23.6 Å². The van der Waals surface area contributed by atoms with E-state index in [4.69, 9.17) is 4.42 Å². The largest absolute Gasteiger partial charge is 0.464 e. The summed E-state index contributed by atoms with van der Waals surface area (Å²) in [6.45, 7) is 3.43. The van der Waals surface area contributed by atoms with Crippen LogP contribution in [0.4, 0.5) is 0 Å². The number of β-amino-alcohol motifs (C(OH)–C–C–N with tert-alkyl or cyclic N) is 1. The van der Waals surface area contributed by atoms with Crippen LogP contribution in [0.5, 0.6) is 0 Å². The second kappa shape index (κ2) is 7.53. The number of rotatable bonds is 5. The van der Waals surface area contributed by atoms with Crippen LogP contribution >= 0.6 is 0 Å². The van der Waals surface area contributed by atoms with Crippen molar-refractivity contribution in [2.24, 2.45) is 5.41 Å². The Bertz CT molecular complexity index is 632. The number of aliphatic hydroxyl groups excluding tert-OH is 1. The van der Waals surface area contributed by atoms with Gasteiger partial charge in [-0.25, -0.2) is 9.78 Å². The SMILES string of the molecule is COC(=O)c1coc(CN2CCC[C@@]3(CCC(=O)N(CCO)C3)C2)n1. The number of piperidine rings is 2. The van der Waals surface area contributed by atoms with Crippen molar-refractivity contribution in [3.63, 3.8) is 0 Å². The van der Waals surface area contributed by atoms with Gasteiger partial charge >= 0.3 is 5.97 Å². The number of aliphatic hydroxyl groups is 1. The summed E-state index contributed by atoms with van der Waals surface area (Å²) in [4.78, 5) is 31.7. The molecule has 1 spiro atoms. The van der Waals surface area contributed by atoms with E-state index >= 15 is 0 Å². The Balaban J connectivity index is 1.64. The summed E-state index contributed by atoms with van der Waals surface area (Å²) in [5.74, 6) is 0.124. The third-order valence-electron chi connectivity index (χ3n) is 5.16. The number of hydrogen-bond acceptors (Lipinski definition) is 7. The van der Waals surface area contributed by atoms with E-state index in [2.05, 4.69) is 14.6 Å². The minimum absolute atomic E-state index is 0.00183. The van der Waals surface area contributed by atoms with Crippen LogP contribution in [0, 0.1) is 5.41 Å². The average Bonchev–Trinajstić information content (AvgIpc) is 3.07. The normalized spacial score (nSPS) is 24.7. The number of aromatic nitrogens is 1. The van der Waals surface area contributed by atoms with Crippen molar-refractivity contribution >= 4 is 11.9 Å². The van der Waals surface area contributed by atoms with Gasteiger partial charge in [-0.1, -0.05) is 0 Å². The lowest BCUT2D eigenvalue weighted by Crippen LogP contribution is -2.54. The summed E-state index contributed by atoms with van der Waals surface area (Å²) in [5, 5.41) is 9.17. The summed E-state index contributed by atoms with van der Waals surface area (Å²) in [6.07, 6.45) is 4.87. The fourth-order valence-electron chi connectivity index (χ4n) is 3.98. The lowest BCUT2D eigenvalue weighted by atomic mass is 9.73. The molecule has 2 aliphatic rings. The van der Waals surface area contributed by atoms with Gasteiger partial charge in [0, 0.05) is 31.5 Å². The molecule has 3 heterocycles. The number of oxazole rings is 1. The first-order valence-electron chi connectivity index (χ1n) is 8.69. The minimum atomic E-state index is -0.504. The summed E-state index contributed by atoms with van der Waals surface area (Å²) >= 11 is 0. The number of hydrogen-bond donors (Lipinski definition) is 1. The molecule has 1 atom stereocenters. The van der Waals surface area contributed by atoms with E-state index < -0.39 is 5.97 Å². The van der Waals surface area contributed by atoms with Gasteiger partial charge in [0.2, 0.25) is 11.8 Å². The number of carbonyl (C=O) groups excluding carboxylic acids is 2. The summed E-state index contributed by atoms with van der Waals surface area (Å²) in [5.41, 5.74) is 0.251. The summed E-state index contributed by atoms with van der Waals surface area (Å²) in [6, 6.07) is 0. The van der Waals surface area contributed by atoms with Crippen LogP contribution in [0.3, 0.4) is 0 Å². The van der Waals surface area contributed by atoms with Crippen molar-refractivity contribution in [2.45, 2.75) is 32.2 Å². The maximum atomic E-state index is 12.0. The average molecular weight is 351 g/mol. The van der Waals surface area contributed by atoms with Crippen LogP contribution in [-0.2, 0) is 16.1 Å². The van der Waals surface area contributed by atoms with Crippen LogP contribution in [0.25, 0.3) is 0 Å². The third-order valence-corrected chi connectivity index (χ3v) is 5.16. The van der Waals surface area contributed by atoms with Gasteiger partial charge in [-0.2, -0.15) is 0 Å². The van der Waals surface area contributed by atoms with E-state index in [0.29, 0.717) is 31.9 Å². The molecular weight excluding hydrogens is 326 g/mol. The number of likely N-dealkylation sites (tertiary alicyclic amines) is 2. The van der Waals surface area contributed by atoms with Crippen molar-refractivity contribution in [1.29, 1.82) is 0 Å².